The second-order valence-corrected chi connectivity index (χ2v) is 8.19. The Balaban J connectivity index is 1.98. The average molecular weight is 304 g/mol. The average Bonchev–Trinajstić information content (AvgIpc) is 2.88. The van der Waals surface area contributed by atoms with Gasteiger partial charge in [0.2, 0.25) is 10.0 Å². The lowest BCUT2D eigenvalue weighted by atomic mass is 10.1. The predicted octanol–water partition coefficient (Wildman–Crippen LogP) is 1.35. The minimum atomic E-state index is -3.24. The van der Waals surface area contributed by atoms with Crippen molar-refractivity contribution in [2.24, 2.45) is 0 Å². The van der Waals surface area contributed by atoms with Gasteiger partial charge in [0.25, 0.3) is 0 Å². The molecule has 1 N–H and O–H groups in total. The van der Waals surface area contributed by atoms with E-state index in [1.165, 1.54) is 12.8 Å². The highest BCUT2D eigenvalue weighted by Crippen LogP contribution is 2.19. The third-order valence-corrected chi connectivity index (χ3v) is 6.24. The van der Waals surface area contributed by atoms with Crippen LogP contribution in [0.1, 0.15) is 46.0 Å². The first-order valence-corrected chi connectivity index (χ1v) is 9.44. The Morgan fingerprint density at radius 2 is 2.05 bits per heavy atom. The van der Waals surface area contributed by atoms with Gasteiger partial charge in [-0.25, -0.2) is 8.42 Å². The smallest absolute Gasteiger partial charge is 0.216 e. The van der Waals surface area contributed by atoms with Gasteiger partial charge in [0, 0.05) is 25.2 Å². The summed E-state index contributed by atoms with van der Waals surface area (Å²) in [6.07, 6.45) is 5.19. The molecule has 0 amide bonds. The van der Waals surface area contributed by atoms with Crippen LogP contribution in [0, 0.1) is 0 Å². The van der Waals surface area contributed by atoms with Crippen molar-refractivity contribution in [3.63, 3.8) is 0 Å². The van der Waals surface area contributed by atoms with E-state index in [-0.39, 0.29) is 17.9 Å². The van der Waals surface area contributed by atoms with Gasteiger partial charge in [0.05, 0.1) is 11.9 Å². The molecule has 0 saturated carbocycles. The minimum absolute atomic E-state index is 0.00475. The van der Waals surface area contributed by atoms with Gasteiger partial charge in [-0.05, 0) is 46.1 Å². The highest BCUT2D eigenvalue weighted by atomic mass is 32.2. The molecule has 2 aliphatic heterocycles. The molecule has 20 heavy (non-hydrogen) atoms. The van der Waals surface area contributed by atoms with E-state index in [2.05, 4.69) is 5.32 Å². The van der Waals surface area contributed by atoms with Crippen molar-refractivity contribution in [3.05, 3.63) is 0 Å². The molecule has 0 aromatic rings. The summed E-state index contributed by atoms with van der Waals surface area (Å²) >= 11 is 0. The van der Waals surface area contributed by atoms with Crippen LogP contribution in [-0.4, -0.2) is 56.4 Å². The Kier molecular flexibility index (Phi) is 5.84. The van der Waals surface area contributed by atoms with E-state index in [0.717, 1.165) is 25.8 Å². The van der Waals surface area contributed by atoms with Crippen molar-refractivity contribution in [1.29, 1.82) is 0 Å². The fraction of sp³-hybridized carbons (Fsp3) is 1.00. The third-order valence-electron chi connectivity index (χ3n) is 4.17. The minimum Gasteiger partial charge on any atom is -0.377 e. The van der Waals surface area contributed by atoms with Gasteiger partial charge in [-0.1, -0.05) is 6.42 Å². The van der Waals surface area contributed by atoms with Crippen LogP contribution in [0.5, 0.6) is 0 Å². The molecule has 118 valence electrons. The summed E-state index contributed by atoms with van der Waals surface area (Å²) in [5, 5.41) is 3.43. The standard InChI is InChI=1S/C14H28N2O3S/c1-12(2)16(10-13-6-3-4-8-15-13)20(17,18)11-14-7-5-9-19-14/h12-15H,3-11H2,1-2H3. The van der Waals surface area contributed by atoms with Crippen LogP contribution in [0.4, 0.5) is 0 Å². The lowest BCUT2D eigenvalue weighted by molar-refractivity contribution is 0.126. The van der Waals surface area contributed by atoms with Crippen molar-refractivity contribution < 1.29 is 13.2 Å². The van der Waals surface area contributed by atoms with Crippen molar-refractivity contribution in [3.8, 4) is 0 Å². The summed E-state index contributed by atoms with van der Waals surface area (Å²) in [6.45, 7) is 6.20. The first kappa shape index (κ1) is 16.2. The zero-order valence-electron chi connectivity index (χ0n) is 12.7. The van der Waals surface area contributed by atoms with E-state index in [9.17, 15) is 8.42 Å². The number of piperidine rings is 1. The molecule has 2 unspecified atom stereocenters. The van der Waals surface area contributed by atoms with Crippen LogP contribution in [-0.2, 0) is 14.8 Å². The highest BCUT2D eigenvalue weighted by Gasteiger charge is 2.32. The quantitative estimate of drug-likeness (QED) is 0.805. The molecule has 2 saturated heterocycles. The first-order chi connectivity index (χ1) is 9.49. The molecule has 0 bridgehead atoms. The van der Waals surface area contributed by atoms with Gasteiger partial charge in [-0.2, -0.15) is 4.31 Å². The molecule has 2 fully saturated rings. The molecule has 0 radical (unpaired) electrons. The number of rotatable bonds is 6. The van der Waals surface area contributed by atoms with Crippen molar-refractivity contribution in [2.75, 3.05) is 25.4 Å². The Morgan fingerprint density at radius 3 is 2.60 bits per heavy atom. The molecule has 6 heteroatoms. The number of hydrogen-bond acceptors (Lipinski definition) is 4. The van der Waals surface area contributed by atoms with Gasteiger partial charge in [-0.3, -0.25) is 0 Å². The lowest BCUT2D eigenvalue weighted by Gasteiger charge is -2.33. The number of nitrogens with one attached hydrogen (secondary N) is 1. The van der Waals surface area contributed by atoms with E-state index >= 15 is 0 Å². The normalized spacial score (nSPS) is 28.4. The molecule has 2 rings (SSSR count). The predicted molar refractivity (Wildman–Crippen MR) is 80.2 cm³/mol. The van der Waals surface area contributed by atoms with Crippen LogP contribution in [0.2, 0.25) is 0 Å². The SMILES string of the molecule is CC(C)N(CC1CCCCN1)S(=O)(=O)CC1CCCO1. The number of nitrogens with zero attached hydrogens (tertiary/aromatic N) is 1. The van der Waals surface area contributed by atoms with Crippen LogP contribution in [0.25, 0.3) is 0 Å². The van der Waals surface area contributed by atoms with Gasteiger partial charge >= 0.3 is 0 Å². The summed E-state index contributed by atoms with van der Waals surface area (Å²) in [7, 11) is -3.24. The van der Waals surface area contributed by atoms with Crippen LogP contribution in [0.15, 0.2) is 0 Å². The van der Waals surface area contributed by atoms with Crippen molar-refractivity contribution in [2.45, 2.75) is 64.1 Å². The monoisotopic (exact) mass is 304 g/mol. The Morgan fingerprint density at radius 1 is 1.25 bits per heavy atom. The maximum absolute atomic E-state index is 12.6. The lowest BCUT2D eigenvalue weighted by Crippen LogP contribution is -2.49. The van der Waals surface area contributed by atoms with Gasteiger partial charge < -0.3 is 10.1 Å². The van der Waals surface area contributed by atoms with Gasteiger partial charge in [0.15, 0.2) is 0 Å². The Labute approximate surface area is 123 Å². The largest absolute Gasteiger partial charge is 0.377 e. The second kappa shape index (κ2) is 7.20. The zero-order chi connectivity index (χ0) is 14.6. The molecule has 2 aliphatic rings. The van der Waals surface area contributed by atoms with Crippen LogP contribution < -0.4 is 5.32 Å². The summed E-state index contributed by atoms with van der Waals surface area (Å²) in [4.78, 5) is 0. The first-order valence-electron chi connectivity index (χ1n) is 7.83. The topological polar surface area (TPSA) is 58.6 Å². The summed E-state index contributed by atoms with van der Waals surface area (Å²) in [6, 6.07) is 0.301. The van der Waals surface area contributed by atoms with E-state index < -0.39 is 10.0 Å². The second-order valence-electron chi connectivity index (χ2n) is 6.22. The van der Waals surface area contributed by atoms with Crippen molar-refractivity contribution in [1.82, 2.24) is 9.62 Å². The summed E-state index contributed by atoms with van der Waals surface area (Å²) in [5.74, 6) is 0.137. The van der Waals surface area contributed by atoms with Crippen LogP contribution >= 0.6 is 0 Å². The maximum Gasteiger partial charge on any atom is 0.216 e. The number of sulfonamides is 1. The van der Waals surface area contributed by atoms with E-state index in [0.29, 0.717) is 19.2 Å². The number of hydrogen-bond donors (Lipinski definition) is 1. The molecule has 5 nitrogen and oxygen atoms in total. The fourth-order valence-corrected chi connectivity index (χ4v) is 5.02. The van der Waals surface area contributed by atoms with E-state index in [4.69, 9.17) is 4.74 Å². The highest BCUT2D eigenvalue weighted by molar-refractivity contribution is 7.89. The molecule has 0 aromatic heterocycles. The number of ether oxygens (including phenoxy) is 1. The van der Waals surface area contributed by atoms with Crippen LogP contribution in [0.3, 0.4) is 0 Å². The van der Waals surface area contributed by atoms with Gasteiger partial charge in [0.1, 0.15) is 0 Å². The molecule has 0 aromatic carbocycles. The third kappa shape index (κ3) is 4.41. The summed E-state index contributed by atoms with van der Waals surface area (Å²) < 4.78 is 32.4. The molecular weight excluding hydrogens is 276 g/mol. The summed E-state index contributed by atoms with van der Waals surface area (Å²) in [5.41, 5.74) is 0. The maximum atomic E-state index is 12.6. The van der Waals surface area contributed by atoms with E-state index in [1.807, 2.05) is 13.8 Å². The molecule has 0 aliphatic carbocycles. The molecule has 0 spiro atoms. The van der Waals surface area contributed by atoms with Gasteiger partial charge in [-0.15, -0.1) is 0 Å². The van der Waals surface area contributed by atoms with Crippen molar-refractivity contribution >= 4 is 10.0 Å². The Bertz CT molecular complexity index is 385. The molecule has 2 atom stereocenters. The molecular formula is C14H28N2O3S. The fourth-order valence-electron chi connectivity index (χ4n) is 3.05. The zero-order valence-corrected chi connectivity index (χ0v) is 13.5. The Hall–Kier alpha value is -0.170. The van der Waals surface area contributed by atoms with E-state index in [1.54, 1.807) is 4.31 Å². The molecule has 2 heterocycles.